The molecule has 2 amide bonds. The van der Waals surface area contributed by atoms with E-state index in [1.54, 1.807) is 0 Å². The Hall–Kier alpha value is -1.17. The molecule has 156 valence electrons. The highest BCUT2D eigenvalue weighted by molar-refractivity contribution is 6.43. The number of rotatable bonds is 5. The van der Waals surface area contributed by atoms with Crippen molar-refractivity contribution in [3.05, 3.63) is 28.2 Å². The van der Waals surface area contributed by atoms with Crippen LogP contribution < -0.4 is 10.2 Å². The molecule has 2 fully saturated rings. The SMILES string of the molecule is [2H]C([2H])([2H])N(C(=O)NC1([2H])C([2H])([2H])C([2H])([2H])C([2H])(C([2H])([2H])C([2H])([2H])N2C([2H])([2H])C([2H])([2H])N(c3cccc(Cl)c3Cl)C([2H])([2H])C2([2H])[2H])C([2H])([2H])C1([2H])[2H])C([2H])([2H])[2H]. The molecule has 0 bridgehead atoms. The Kier molecular flexibility index (Phi) is 1.99. The van der Waals surface area contributed by atoms with Crippen LogP contribution in [0.25, 0.3) is 0 Å². The second kappa shape index (κ2) is 10.0. The first kappa shape index (κ1) is 5.54. The van der Waals surface area contributed by atoms with Gasteiger partial charge in [0.15, 0.2) is 0 Å². The van der Waals surface area contributed by atoms with Crippen molar-refractivity contribution < 1.29 is 43.2 Å². The van der Waals surface area contributed by atoms with Gasteiger partial charge in [0.25, 0.3) is 0 Å². The number of piperazine rings is 1. The number of anilines is 1. The summed E-state index contributed by atoms with van der Waals surface area (Å²) in [6.07, 6.45) is -24.5. The van der Waals surface area contributed by atoms with Crippen LogP contribution in [0, 0.1) is 5.89 Å². The third-order valence-corrected chi connectivity index (χ3v) is 3.88. The van der Waals surface area contributed by atoms with E-state index < -0.39 is 122 Å². The maximum Gasteiger partial charge on any atom is 0.317 e. The number of carbonyl (C=O) groups is 1. The molecule has 0 aromatic heterocycles. The van der Waals surface area contributed by atoms with Crippen LogP contribution in [0.2, 0.25) is 10.0 Å². The van der Waals surface area contributed by atoms with Crippen molar-refractivity contribution in [2.75, 3.05) is 51.3 Å². The molecule has 1 aliphatic heterocycles. The molecule has 0 unspecified atom stereocenters. The lowest BCUT2D eigenvalue weighted by atomic mass is 9.84. The van der Waals surface area contributed by atoms with E-state index in [1.165, 1.54) is 0 Å². The topological polar surface area (TPSA) is 38.8 Å². The van der Waals surface area contributed by atoms with Crippen LogP contribution in [0.15, 0.2) is 18.2 Å². The largest absolute Gasteiger partial charge is 0.368 e. The highest BCUT2D eigenvalue weighted by Gasteiger charge is 2.24. The van der Waals surface area contributed by atoms with Crippen molar-refractivity contribution in [3.8, 4) is 0 Å². The normalized spacial score (nSPS) is 59.9. The van der Waals surface area contributed by atoms with E-state index in [1.807, 2.05) is 0 Å². The minimum absolute atomic E-state index is 0.234. The van der Waals surface area contributed by atoms with E-state index in [2.05, 4.69) is 0 Å². The van der Waals surface area contributed by atoms with Crippen molar-refractivity contribution in [2.45, 2.75) is 37.9 Å². The number of hydrogen-bond donors (Lipinski definition) is 1. The number of benzene rings is 1. The number of carbonyl (C=O) groups excluding carboxylic acids is 1. The summed E-state index contributed by atoms with van der Waals surface area (Å²) in [5.74, 6) is -5.09. The van der Waals surface area contributed by atoms with Gasteiger partial charge in [-0.1, -0.05) is 29.3 Å². The summed E-state index contributed by atoms with van der Waals surface area (Å²) in [5.41, 5.74) is -0.826. The Bertz CT molecular complexity index is 1670. The molecule has 1 aromatic rings. The van der Waals surface area contributed by atoms with Gasteiger partial charge in [0.05, 0.1) is 22.6 Å². The van der Waals surface area contributed by atoms with Crippen molar-refractivity contribution in [1.29, 1.82) is 0 Å². The Balaban J connectivity index is 2.41. The molecule has 0 radical (unpaired) electrons. The second-order valence-corrected chi connectivity index (χ2v) is 5.73. The molecule has 1 aromatic carbocycles. The fourth-order valence-electron chi connectivity index (χ4n) is 1.81. The highest BCUT2D eigenvalue weighted by atomic mass is 35.5. The Morgan fingerprint density at radius 1 is 1.29 bits per heavy atom. The van der Waals surface area contributed by atoms with Gasteiger partial charge in [0.1, 0.15) is 0 Å². The van der Waals surface area contributed by atoms with Crippen LogP contribution in [0.3, 0.4) is 0 Å². The van der Waals surface area contributed by atoms with Crippen LogP contribution in [-0.2, 0) is 0 Å². The molecule has 1 N–H and O–H groups in total. The number of amides is 2. The zero-order chi connectivity index (χ0) is 44.9. The number of urea groups is 1. The van der Waals surface area contributed by atoms with Gasteiger partial charge in [-0.25, -0.2) is 4.79 Å². The third kappa shape index (κ3) is 5.68. The quantitative estimate of drug-likeness (QED) is 0.718. The number of nitrogens with zero attached hydrogens (tertiary/aromatic N) is 3. The zero-order valence-corrected chi connectivity index (χ0v) is 15.2. The van der Waals surface area contributed by atoms with Gasteiger partial charge in [0, 0.05) is 77.5 Å². The summed E-state index contributed by atoms with van der Waals surface area (Å²) in [6.45, 7) is -30.0. The van der Waals surface area contributed by atoms with Gasteiger partial charge >= 0.3 is 6.03 Å². The van der Waals surface area contributed by atoms with Gasteiger partial charge in [-0.05, 0) is 56.4 Å². The van der Waals surface area contributed by atoms with Crippen LogP contribution in [0.5, 0.6) is 0 Å². The second-order valence-electron chi connectivity index (χ2n) is 4.94. The van der Waals surface area contributed by atoms with Crippen LogP contribution in [-0.4, -0.2) is 68.3 Å². The molecule has 5 nitrogen and oxygen atoms in total. The maximum absolute atomic E-state index is 13.1. The van der Waals surface area contributed by atoms with Gasteiger partial charge in [-0.2, -0.15) is 0 Å². The molecular formula is C21H32Cl2N4O. The predicted octanol–water partition coefficient (Wildman–Crippen LogP) is 4.34. The third-order valence-electron chi connectivity index (χ3n) is 3.07. The lowest BCUT2D eigenvalue weighted by Gasteiger charge is -2.37. The van der Waals surface area contributed by atoms with Gasteiger partial charge in [-0.15, -0.1) is 0 Å². The van der Waals surface area contributed by atoms with E-state index in [-0.39, 0.29) is 4.90 Å². The number of halogens is 2. The highest BCUT2D eigenvalue weighted by Crippen LogP contribution is 2.33. The average molecular weight is 456 g/mol. The lowest BCUT2D eigenvalue weighted by Crippen LogP contribution is -2.47. The fourth-order valence-corrected chi connectivity index (χ4v) is 2.19. The van der Waals surface area contributed by atoms with Crippen molar-refractivity contribution in [2.24, 2.45) is 5.89 Å². The van der Waals surface area contributed by atoms with Crippen molar-refractivity contribution in [1.82, 2.24) is 15.1 Å². The predicted molar refractivity (Wildman–Crippen MR) is 118 cm³/mol. The lowest BCUT2D eigenvalue weighted by molar-refractivity contribution is 0.194. The van der Waals surface area contributed by atoms with E-state index in [4.69, 9.17) is 61.6 Å². The molecule has 1 heterocycles. The molecule has 3 rings (SSSR count). The standard InChI is InChI=1S/C21H32Cl2N4O/c1-25(2)21(28)24-17-8-6-16(7-9-17)10-11-26-12-14-27(15-13-26)19-5-3-4-18(22)20(19)23/h3-5,16-17H,6-15H2,1-2H3,(H,24,28)/i1D3,2D3,6D2,7D2,8D2,9D2,10D2,11D2,12D2,13D2,14D2,15D2,16D,17D. The molecule has 0 atom stereocenters. The summed E-state index contributed by atoms with van der Waals surface area (Å²) in [6, 6.07) is -4.11. The van der Waals surface area contributed by atoms with Gasteiger partial charge in [-0.3, -0.25) is 4.90 Å². The molecular weight excluding hydrogens is 395 g/mol. The molecule has 7 heteroatoms. The Morgan fingerprint density at radius 3 is 2.68 bits per heavy atom. The van der Waals surface area contributed by atoms with Crippen molar-refractivity contribution >= 4 is 34.9 Å². The molecule has 1 saturated heterocycles. The van der Waals surface area contributed by atoms with Crippen molar-refractivity contribution in [3.63, 3.8) is 0 Å². The summed E-state index contributed by atoms with van der Waals surface area (Å²) in [7, 11) is 0. The van der Waals surface area contributed by atoms with E-state index in [0.29, 0.717) is 0 Å². The van der Waals surface area contributed by atoms with Crippen LogP contribution in [0.1, 0.15) is 70.2 Å². The Labute approximate surface area is 218 Å². The summed E-state index contributed by atoms with van der Waals surface area (Å²) < 4.78 is 236. The maximum atomic E-state index is 13.1. The van der Waals surface area contributed by atoms with E-state index in [0.717, 1.165) is 23.5 Å². The first-order valence-corrected chi connectivity index (χ1v) is 8.09. The molecule has 28 heavy (non-hydrogen) atoms. The first-order valence-electron chi connectivity index (χ1n) is 21.3. The molecule has 1 saturated carbocycles. The minimum Gasteiger partial charge on any atom is -0.368 e. The van der Waals surface area contributed by atoms with E-state index >= 15 is 0 Å². The molecule has 1 aliphatic carbocycles. The molecule has 2 aliphatic rings. The monoisotopic (exact) mass is 454 g/mol. The average Bonchev–Trinajstić information content (AvgIpc) is 2.94. The summed E-state index contributed by atoms with van der Waals surface area (Å²) >= 11 is 12.1. The summed E-state index contributed by atoms with van der Waals surface area (Å²) in [4.78, 5) is 10.8. The first-order chi connectivity index (χ1) is 24.2. The minimum atomic E-state index is -5.12. The Morgan fingerprint density at radius 2 is 2.00 bits per heavy atom. The summed E-state index contributed by atoms with van der Waals surface area (Å²) in [5, 5.41) is -0.0488. The van der Waals surface area contributed by atoms with E-state index in [9.17, 15) is 4.79 Å². The fraction of sp³-hybridized carbons (Fsp3) is 0.667. The van der Waals surface area contributed by atoms with Crippen LogP contribution in [0.4, 0.5) is 10.5 Å². The number of nitrogens with one attached hydrogen (secondary N) is 1. The zero-order valence-electron chi connectivity index (χ0n) is 41.7. The molecule has 0 spiro atoms. The smallest absolute Gasteiger partial charge is 0.317 e. The van der Waals surface area contributed by atoms with Gasteiger partial charge < -0.3 is 15.1 Å². The van der Waals surface area contributed by atoms with Crippen LogP contribution >= 0.6 is 23.2 Å². The van der Waals surface area contributed by atoms with Gasteiger partial charge in [0.2, 0.25) is 0 Å². The number of hydrogen-bond acceptors (Lipinski definition) is 3.